The van der Waals surface area contributed by atoms with Crippen molar-refractivity contribution in [3.63, 3.8) is 0 Å². The van der Waals surface area contributed by atoms with Crippen LogP contribution < -0.4 is 15.4 Å². The normalized spacial score (nSPS) is 10.3. The van der Waals surface area contributed by atoms with E-state index in [1.165, 1.54) is 23.5 Å². The SMILES string of the molecule is CCOc1ccc(Nc2nc(C(=O)Nc3ccccc3F)cs2)cc1. The molecular weight excluding hydrogens is 341 g/mol. The summed E-state index contributed by atoms with van der Waals surface area (Å²) in [4.78, 5) is 16.4. The van der Waals surface area contributed by atoms with Gasteiger partial charge < -0.3 is 15.4 Å². The number of carbonyl (C=O) groups is 1. The van der Waals surface area contributed by atoms with Crippen molar-refractivity contribution in [1.82, 2.24) is 4.98 Å². The van der Waals surface area contributed by atoms with Crippen molar-refractivity contribution < 1.29 is 13.9 Å². The predicted molar refractivity (Wildman–Crippen MR) is 97.4 cm³/mol. The Morgan fingerprint density at radius 1 is 1.20 bits per heavy atom. The maximum absolute atomic E-state index is 13.6. The molecule has 2 aromatic carbocycles. The highest BCUT2D eigenvalue weighted by Gasteiger charge is 2.13. The molecule has 0 spiro atoms. The summed E-state index contributed by atoms with van der Waals surface area (Å²) in [5.74, 6) is -0.156. The fourth-order valence-electron chi connectivity index (χ4n) is 2.11. The number of anilines is 3. The number of rotatable bonds is 6. The second-order valence-electron chi connectivity index (χ2n) is 5.05. The van der Waals surface area contributed by atoms with Crippen LogP contribution in [0.3, 0.4) is 0 Å². The molecule has 7 heteroatoms. The van der Waals surface area contributed by atoms with Gasteiger partial charge in [-0.25, -0.2) is 9.37 Å². The van der Waals surface area contributed by atoms with Gasteiger partial charge in [0.2, 0.25) is 0 Å². The van der Waals surface area contributed by atoms with Crippen LogP contribution in [0, 0.1) is 5.82 Å². The zero-order valence-corrected chi connectivity index (χ0v) is 14.3. The second-order valence-corrected chi connectivity index (χ2v) is 5.91. The molecule has 0 aliphatic heterocycles. The molecule has 0 unspecified atom stereocenters. The van der Waals surface area contributed by atoms with E-state index in [0.29, 0.717) is 11.7 Å². The highest BCUT2D eigenvalue weighted by Crippen LogP contribution is 2.23. The first-order valence-electron chi connectivity index (χ1n) is 7.67. The molecule has 0 saturated carbocycles. The number of para-hydroxylation sites is 1. The van der Waals surface area contributed by atoms with Gasteiger partial charge in [-0.3, -0.25) is 4.79 Å². The Labute approximate surface area is 148 Å². The fraction of sp³-hybridized carbons (Fsp3) is 0.111. The number of benzene rings is 2. The first-order chi connectivity index (χ1) is 12.2. The van der Waals surface area contributed by atoms with Crippen LogP contribution in [0.1, 0.15) is 17.4 Å². The van der Waals surface area contributed by atoms with Gasteiger partial charge in [-0.1, -0.05) is 12.1 Å². The number of nitrogens with one attached hydrogen (secondary N) is 2. The van der Waals surface area contributed by atoms with Gasteiger partial charge in [0.1, 0.15) is 17.3 Å². The van der Waals surface area contributed by atoms with Crippen LogP contribution in [0.5, 0.6) is 5.75 Å². The zero-order valence-electron chi connectivity index (χ0n) is 13.5. The minimum absolute atomic E-state index is 0.126. The lowest BCUT2D eigenvalue weighted by molar-refractivity contribution is 0.102. The summed E-state index contributed by atoms with van der Waals surface area (Å²) in [7, 11) is 0. The number of thiazole rings is 1. The number of amides is 1. The van der Waals surface area contributed by atoms with E-state index >= 15 is 0 Å². The Bertz CT molecular complexity index is 865. The molecule has 1 heterocycles. The minimum atomic E-state index is -0.487. The van der Waals surface area contributed by atoms with Crippen LogP contribution in [0.15, 0.2) is 53.9 Å². The molecule has 1 amide bonds. The van der Waals surface area contributed by atoms with Gasteiger partial charge in [-0.15, -0.1) is 11.3 Å². The molecule has 0 saturated heterocycles. The summed E-state index contributed by atoms with van der Waals surface area (Å²) >= 11 is 1.29. The maximum atomic E-state index is 13.6. The van der Waals surface area contributed by atoms with Crippen LogP contribution in [0.4, 0.5) is 20.9 Å². The van der Waals surface area contributed by atoms with Crippen molar-refractivity contribution in [2.75, 3.05) is 17.2 Å². The van der Waals surface area contributed by atoms with Gasteiger partial charge in [0.15, 0.2) is 5.13 Å². The lowest BCUT2D eigenvalue weighted by Gasteiger charge is -2.05. The molecule has 0 fully saturated rings. The van der Waals surface area contributed by atoms with Gasteiger partial charge in [0, 0.05) is 11.1 Å². The van der Waals surface area contributed by atoms with E-state index in [2.05, 4.69) is 15.6 Å². The van der Waals surface area contributed by atoms with Gasteiger partial charge in [0.25, 0.3) is 5.91 Å². The fourth-order valence-corrected chi connectivity index (χ4v) is 2.82. The Balaban J connectivity index is 1.65. The number of hydrogen-bond acceptors (Lipinski definition) is 5. The average molecular weight is 357 g/mol. The van der Waals surface area contributed by atoms with Gasteiger partial charge in [0.05, 0.1) is 12.3 Å². The highest BCUT2D eigenvalue weighted by atomic mass is 32.1. The van der Waals surface area contributed by atoms with Crippen molar-refractivity contribution >= 4 is 33.8 Å². The molecule has 2 N–H and O–H groups in total. The summed E-state index contributed by atoms with van der Waals surface area (Å²) in [6.45, 7) is 2.54. The molecule has 0 bridgehead atoms. The number of halogens is 1. The topological polar surface area (TPSA) is 63.2 Å². The van der Waals surface area contributed by atoms with Crippen molar-refractivity contribution in [1.29, 1.82) is 0 Å². The first-order valence-corrected chi connectivity index (χ1v) is 8.55. The quantitative estimate of drug-likeness (QED) is 0.672. The van der Waals surface area contributed by atoms with E-state index in [1.54, 1.807) is 17.5 Å². The van der Waals surface area contributed by atoms with Gasteiger partial charge in [-0.05, 0) is 43.3 Å². The van der Waals surface area contributed by atoms with E-state index < -0.39 is 11.7 Å². The number of aromatic nitrogens is 1. The van der Waals surface area contributed by atoms with Crippen LogP contribution in [-0.2, 0) is 0 Å². The lowest BCUT2D eigenvalue weighted by Crippen LogP contribution is -2.13. The van der Waals surface area contributed by atoms with Gasteiger partial charge >= 0.3 is 0 Å². The Morgan fingerprint density at radius 2 is 1.96 bits per heavy atom. The van der Waals surface area contributed by atoms with E-state index in [9.17, 15) is 9.18 Å². The standard InChI is InChI=1S/C18H16FN3O2S/c1-2-24-13-9-7-12(8-10-13)20-18-22-16(11-25-18)17(23)21-15-6-4-3-5-14(15)19/h3-11H,2H2,1H3,(H,20,22)(H,21,23). The number of ether oxygens (including phenoxy) is 1. The largest absolute Gasteiger partial charge is 0.494 e. The molecular formula is C18H16FN3O2S. The Kier molecular flexibility index (Phi) is 5.25. The third-order valence-corrected chi connectivity index (χ3v) is 4.03. The molecule has 0 aliphatic rings. The average Bonchev–Trinajstić information content (AvgIpc) is 3.08. The van der Waals surface area contributed by atoms with Crippen molar-refractivity contribution in [3.05, 3.63) is 65.4 Å². The van der Waals surface area contributed by atoms with E-state index in [4.69, 9.17) is 4.74 Å². The van der Waals surface area contributed by atoms with Gasteiger partial charge in [-0.2, -0.15) is 0 Å². The molecule has 3 aromatic rings. The number of hydrogen-bond donors (Lipinski definition) is 2. The maximum Gasteiger partial charge on any atom is 0.275 e. The molecule has 3 rings (SSSR count). The summed E-state index contributed by atoms with van der Waals surface area (Å²) in [5.41, 5.74) is 1.18. The summed E-state index contributed by atoms with van der Waals surface area (Å²) in [5, 5.41) is 7.82. The Morgan fingerprint density at radius 3 is 2.68 bits per heavy atom. The Hall–Kier alpha value is -2.93. The highest BCUT2D eigenvalue weighted by molar-refractivity contribution is 7.14. The first kappa shape index (κ1) is 16.9. The molecule has 0 radical (unpaired) electrons. The molecule has 128 valence electrons. The predicted octanol–water partition coefficient (Wildman–Crippen LogP) is 4.68. The van der Waals surface area contributed by atoms with Crippen LogP contribution in [-0.4, -0.2) is 17.5 Å². The summed E-state index contributed by atoms with van der Waals surface area (Å²) in [6.07, 6.45) is 0. The minimum Gasteiger partial charge on any atom is -0.494 e. The number of nitrogens with zero attached hydrogens (tertiary/aromatic N) is 1. The van der Waals surface area contributed by atoms with E-state index in [0.717, 1.165) is 11.4 Å². The van der Waals surface area contributed by atoms with Crippen LogP contribution >= 0.6 is 11.3 Å². The third kappa shape index (κ3) is 4.33. The van der Waals surface area contributed by atoms with Crippen molar-refractivity contribution in [2.45, 2.75) is 6.92 Å². The van der Waals surface area contributed by atoms with E-state index in [1.807, 2.05) is 31.2 Å². The third-order valence-electron chi connectivity index (χ3n) is 3.28. The molecule has 5 nitrogen and oxygen atoms in total. The van der Waals surface area contributed by atoms with Crippen molar-refractivity contribution in [2.24, 2.45) is 0 Å². The second kappa shape index (κ2) is 7.76. The monoisotopic (exact) mass is 357 g/mol. The van der Waals surface area contributed by atoms with Crippen LogP contribution in [0.25, 0.3) is 0 Å². The molecule has 25 heavy (non-hydrogen) atoms. The lowest BCUT2D eigenvalue weighted by atomic mass is 10.3. The molecule has 0 atom stereocenters. The van der Waals surface area contributed by atoms with Crippen LogP contribution in [0.2, 0.25) is 0 Å². The summed E-state index contributed by atoms with van der Waals surface area (Å²) < 4.78 is 19.0. The molecule has 0 aliphatic carbocycles. The molecule has 1 aromatic heterocycles. The smallest absolute Gasteiger partial charge is 0.275 e. The van der Waals surface area contributed by atoms with E-state index in [-0.39, 0.29) is 11.4 Å². The zero-order chi connectivity index (χ0) is 17.6. The van der Waals surface area contributed by atoms with Crippen molar-refractivity contribution in [3.8, 4) is 5.75 Å². The number of carbonyl (C=O) groups excluding carboxylic acids is 1. The summed E-state index contributed by atoms with van der Waals surface area (Å²) in [6, 6.07) is 13.4.